The Bertz CT molecular complexity index is 775. The van der Waals surface area contributed by atoms with E-state index >= 15 is 0 Å². The quantitative estimate of drug-likeness (QED) is 0.940. The third-order valence-corrected chi connectivity index (χ3v) is 4.11. The van der Waals surface area contributed by atoms with Crippen LogP contribution in [0.25, 0.3) is 5.57 Å². The van der Waals surface area contributed by atoms with Crippen LogP contribution in [0.15, 0.2) is 48.5 Å². The van der Waals surface area contributed by atoms with Gasteiger partial charge in [-0.25, -0.2) is 4.39 Å². The van der Waals surface area contributed by atoms with Crippen LogP contribution in [0.1, 0.15) is 23.1 Å². The summed E-state index contributed by atoms with van der Waals surface area (Å²) in [5.74, 6) is -0.0551. The standard InChI is InChI=1S/C19H17FN2O/c20-19-11-14(12-21)1-2-17(19)13-22-9-7-16(8-10-22)15-3-5-18(23)6-4-15/h1-7,11,23H,8-10,13H2. The molecule has 4 heteroatoms. The molecular weight excluding hydrogens is 291 g/mol. The molecule has 1 aliphatic heterocycles. The fourth-order valence-corrected chi connectivity index (χ4v) is 2.78. The summed E-state index contributed by atoms with van der Waals surface area (Å²) in [5, 5.41) is 18.1. The van der Waals surface area contributed by atoms with Gasteiger partial charge in [-0.3, -0.25) is 4.90 Å². The summed E-state index contributed by atoms with van der Waals surface area (Å²) >= 11 is 0. The highest BCUT2D eigenvalue weighted by Gasteiger charge is 2.15. The van der Waals surface area contributed by atoms with Crippen LogP contribution >= 0.6 is 0 Å². The lowest BCUT2D eigenvalue weighted by Gasteiger charge is -2.26. The highest BCUT2D eigenvalue weighted by Crippen LogP contribution is 2.25. The van der Waals surface area contributed by atoms with E-state index < -0.39 is 0 Å². The van der Waals surface area contributed by atoms with E-state index in [-0.39, 0.29) is 11.6 Å². The number of phenols is 1. The molecular formula is C19H17FN2O. The van der Waals surface area contributed by atoms with Crippen molar-refractivity contribution in [1.82, 2.24) is 4.90 Å². The number of phenolic OH excluding ortho intramolecular Hbond substituents is 1. The maximum atomic E-state index is 14.0. The Balaban J connectivity index is 1.67. The van der Waals surface area contributed by atoms with Crippen LogP contribution in [0.2, 0.25) is 0 Å². The summed E-state index contributed by atoms with van der Waals surface area (Å²) in [5.41, 5.74) is 3.33. The van der Waals surface area contributed by atoms with Crippen LogP contribution in [0.4, 0.5) is 4.39 Å². The van der Waals surface area contributed by atoms with E-state index in [1.165, 1.54) is 11.6 Å². The molecule has 2 aromatic carbocycles. The van der Waals surface area contributed by atoms with Gasteiger partial charge in [0, 0.05) is 25.2 Å². The van der Waals surface area contributed by atoms with Gasteiger partial charge < -0.3 is 5.11 Å². The van der Waals surface area contributed by atoms with E-state index in [2.05, 4.69) is 11.0 Å². The molecule has 1 N–H and O–H groups in total. The molecule has 0 saturated heterocycles. The lowest BCUT2D eigenvalue weighted by molar-refractivity contribution is 0.289. The van der Waals surface area contributed by atoms with Crippen LogP contribution in [0.5, 0.6) is 5.75 Å². The number of benzene rings is 2. The Morgan fingerprint density at radius 3 is 2.57 bits per heavy atom. The van der Waals surface area contributed by atoms with Gasteiger partial charge in [-0.15, -0.1) is 0 Å². The molecule has 1 aliphatic rings. The van der Waals surface area contributed by atoms with E-state index in [1.807, 2.05) is 18.2 Å². The van der Waals surface area contributed by atoms with E-state index in [1.54, 1.807) is 24.3 Å². The first-order valence-corrected chi connectivity index (χ1v) is 7.55. The van der Waals surface area contributed by atoms with Crippen LogP contribution in [0, 0.1) is 17.1 Å². The van der Waals surface area contributed by atoms with Crippen molar-refractivity contribution in [3.8, 4) is 11.8 Å². The van der Waals surface area contributed by atoms with Crippen molar-refractivity contribution in [2.24, 2.45) is 0 Å². The fraction of sp³-hybridized carbons (Fsp3) is 0.211. The van der Waals surface area contributed by atoms with Crippen molar-refractivity contribution < 1.29 is 9.50 Å². The maximum Gasteiger partial charge on any atom is 0.129 e. The molecule has 0 amide bonds. The van der Waals surface area contributed by atoms with Crippen molar-refractivity contribution >= 4 is 5.57 Å². The average molecular weight is 308 g/mol. The second-order valence-electron chi connectivity index (χ2n) is 5.68. The SMILES string of the molecule is N#Cc1ccc(CN2CC=C(c3ccc(O)cc3)CC2)c(F)c1. The highest BCUT2D eigenvalue weighted by molar-refractivity contribution is 5.67. The minimum absolute atomic E-state index is 0.267. The lowest BCUT2D eigenvalue weighted by atomic mass is 9.99. The van der Waals surface area contributed by atoms with Gasteiger partial charge >= 0.3 is 0 Å². The smallest absolute Gasteiger partial charge is 0.129 e. The molecule has 0 radical (unpaired) electrons. The van der Waals surface area contributed by atoms with E-state index in [0.717, 1.165) is 25.1 Å². The van der Waals surface area contributed by atoms with Crippen molar-refractivity contribution in [3.63, 3.8) is 0 Å². The second-order valence-corrected chi connectivity index (χ2v) is 5.68. The Hall–Kier alpha value is -2.64. The normalized spacial score (nSPS) is 15.0. The third kappa shape index (κ3) is 3.58. The predicted molar refractivity (Wildman–Crippen MR) is 87.1 cm³/mol. The molecule has 3 nitrogen and oxygen atoms in total. The predicted octanol–water partition coefficient (Wildman–Crippen LogP) is 3.69. The van der Waals surface area contributed by atoms with Gasteiger partial charge in [-0.05, 0) is 41.8 Å². The molecule has 0 atom stereocenters. The van der Waals surface area contributed by atoms with Gasteiger partial charge in [0.1, 0.15) is 11.6 Å². The summed E-state index contributed by atoms with van der Waals surface area (Å²) in [4.78, 5) is 2.17. The molecule has 0 saturated carbocycles. The van der Waals surface area contributed by atoms with Crippen LogP contribution in [-0.4, -0.2) is 23.1 Å². The largest absolute Gasteiger partial charge is 0.508 e. The molecule has 23 heavy (non-hydrogen) atoms. The van der Waals surface area contributed by atoms with Crippen molar-refractivity contribution in [2.45, 2.75) is 13.0 Å². The Kier molecular flexibility index (Phi) is 4.40. The Morgan fingerprint density at radius 2 is 1.96 bits per heavy atom. The van der Waals surface area contributed by atoms with Crippen molar-refractivity contribution in [1.29, 1.82) is 5.26 Å². The summed E-state index contributed by atoms with van der Waals surface area (Å²) in [6, 6.07) is 13.8. The molecule has 0 aromatic heterocycles. The number of hydrogen-bond acceptors (Lipinski definition) is 3. The second kappa shape index (κ2) is 6.64. The topological polar surface area (TPSA) is 47.3 Å². The minimum atomic E-state index is -0.322. The third-order valence-electron chi connectivity index (χ3n) is 4.11. The zero-order chi connectivity index (χ0) is 16.2. The van der Waals surface area contributed by atoms with Crippen LogP contribution in [0.3, 0.4) is 0 Å². The summed E-state index contributed by atoms with van der Waals surface area (Å²) < 4.78 is 14.0. The first kappa shape index (κ1) is 15.3. The lowest BCUT2D eigenvalue weighted by Crippen LogP contribution is -2.28. The number of hydrogen-bond donors (Lipinski definition) is 1. The van der Waals surface area contributed by atoms with Gasteiger partial charge in [0.15, 0.2) is 0 Å². The molecule has 0 bridgehead atoms. The molecule has 1 heterocycles. The van der Waals surface area contributed by atoms with Gasteiger partial charge in [0.25, 0.3) is 0 Å². The van der Waals surface area contributed by atoms with Gasteiger partial charge in [0.2, 0.25) is 0 Å². The van der Waals surface area contributed by atoms with E-state index in [4.69, 9.17) is 5.26 Å². The zero-order valence-corrected chi connectivity index (χ0v) is 12.7. The summed E-state index contributed by atoms with van der Waals surface area (Å²) in [7, 11) is 0. The number of aromatic hydroxyl groups is 1. The fourth-order valence-electron chi connectivity index (χ4n) is 2.78. The number of nitriles is 1. The number of nitrogens with zero attached hydrogens (tertiary/aromatic N) is 2. The maximum absolute atomic E-state index is 14.0. The average Bonchev–Trinajstić information content (AvgIpc) is 2.58. The summed E-state index contributed by atoms with van der Waals surface area (Å²) in [6.45, 7) is 2.15. The first-order chi connectivity index (χ1) is 11.2. The van der Waals surface area contributed by atoms with E-state index in [0.29, 0.717) is 17.7 Å². The molecule has 0 spiro atoms. The van der Waals surface area contributed by atoms with Crippen molar-refractivity contribution in [3.05, 3.63) is 71.0 Å². The highest BCUT2D eigenvalue weighted by atomic mass is 19.1. The van der Waals surface area contributed by atoms with Crippen LogP contribution in [-0.2, 0) is 6.54 Å². The molecule has 0 unspecified atom stereocenters. The Morgan fingerprint density at radius 1 is 1.17 bits per heavy atom. The summed E-state index contributed by atoms with van der Waals surface area (Å²) in [6.07, 6.45) is 3.04. The minimum Gasteiger partial charge on any atom is -0.508 e. The molecule has 0 fully saturated rings. The zero-order valence-electron chi connectivity index (χ0n) is 12.7. The first-order valence-electron chi connectivity index (χ1n) is 7.55. The molecule has 2 aromatic rings. The monoisotopic (exact) mass is 308 g/mol. The number of rotatable bonds is 3. The van der Waals surface area contributed by atoms with Gasteiger partial charge in [-0.2, -0.15) is 5.26 Å². The van der Waals surface area contributed by atoms with Crippen molar-refractivity contribution in [2.75, 3.05) is 13.1 Å². The molecule has 116 valence electrons. The van der Waals surface area contributed by atoms with Crippen LogP contribution < -0.4 is 0 Å². The van der Waals surface area contributed by atoms with Gasteiger partial charge in [0.05, 0.1) is 11.6 Å². The molecule has 3 rings (SSSR count). The van der Waals surface area contributed by atoms with Gasteiger partial charge in [-0.1, -0.05) is 24.3 Å². The van der Waals surface area contributed by atoms with E-state index in [9.17, 15) is 9.50 Å². The Labute approximate surface area is 134 Å². The number of halogens is 1. The molecule has 0 aliphatic carbocycles.